The maximum atomic E-state index is 11.9. The van der Waals surface area contributed by atoms with E-state index in [1.165, 1.54) is 4.68 Å². The number of carbonyl (C=O) groups is 1. The maximum Gasteiger partial charge on any atom is 0.389 e. The Morgan fingerprint density at radius 1 is 1.47 bits per heavy atom. The molecule has 6 heteroatoms. The fourth-order valence-electron chi connectivity index (χ4n) is 1.54. The molecule has 0 aliphatic rings. The van der Waals surface area contributed by atoms with Crippen LogP contribution in [0.15, 0.2) is 6.07 Å². The molecule has 1 aromatic rings. The second-order valence-electron chi connectivity index (χ2n) is 3.89. The van der Waals surface area contributed by atoms with Crippen molar-refractivity contribution in [1.29, 1.82) is 0 Å². The third-order valence-corrected chi connectivity index (χ3v) is 2.44. The molecular weight excluding hydrogens is 233 g/mol. The molecule has 0 atom stereocenters. The lowest BCUT2D eigenvalue weighted by atomic mass is 10.1. The van der Waals surface area contributed by atoms with E-state index >= 15 is 0 Å². The van der Waals surface area contributed by atoms with Gasteiger partial charge in [0.25, 0.3) is 0 Å². The van der Waals surface area contributed by atoms with E-state index in [1.807, 2.05) is 6.92 Å². The van der Waals surface area contributed by atoms with Crippen molar-refractivity contribution in [1.82, 2.24) is 9.78 Å². The first-order valence-corrected chi connectivity index (χ1v) is 5.46. The van der Waals surface area contributed by atoms with Crippen molar-refractivity contribution >= 4 is 5.78 Å². The standard InChI is InChI=1S/C11H15F3N2O/c1-3-8-7-9(16(2)15-8)10(17)5-4-6-11(12,13)14/h7H,3-6H2,1-2H3. The molecule has 17 heavy (non-hydrogen) atoms. The average Bonchev–Trinajstić information content (AvgIpc) is 2.57. The van der Waals surface area contributed by atoms with Gasteiger partial charge in [0.1, 0.15) is 5.69 Å². The summed E-state index contributed by atoms with van der Waals surface area (Å²) < 4.78 is 37.2. The van der Waals surface area contributed by atoms with Gasteiger partial charge in [-0.3, -0.25) is 9.48 Å². The molecule has 0 unspecified atom stereocenters. The van der Waals surface area contributed by atoms with Crippen LogP contribution in [0.25, 0.3) is 0 Å². The van der Waals surface area contributed by atoms with E-state index in [4.69, 9.17) is 0 Å². The number of hydrogen-bond donors (Lipinski definition) is 0. The van der Waals surface area contributed by atoms with E-state index < -0.39 is 12.6 Å². The summed E-state index contributed by atoms with van der Waals surface area (Å²) in [5.74, 6) is -0.288. The molecule has 1 aromatic heterocycles. The number of aryl methyl sites for hydroxylation is 2. The molecule has 1 heterocycles. The summed E-state index contributed by atoms with van der Waals surface area (Å²) in [6, 6.07) is 1.63. The summed E-state index contributed by atoms with van der Waals surface area (Å²) >= 11 is 0. The zero-order valence-corrected chi connectivity index (χ0v) is 9.84. The third kappa shape index (κ3) is 4.20. The molecule has 0 saturated carbocycles. The Bertz CT molecular complexity index is 396. The Labute approximate surface area is 97.6 Å². The Morgan fingerprint density at radius 3 is 2.59 bits per heavy atom. The number of rotatable bonds is 5. The molecule has 0 fully saturated rings. The molecule has 96 valence electrons. The number of ketones is 1. The van der Waals surface area contributed by atoms with Gasteiger partial charge in [0.05, 0.1) is 5.69 Å². The smallest absolute Gasteiger partial charge is 0.292 e. The lowest BCUT2D eigenvalue weighted by molar-refractivity contribution is -0.135. The fraction of sp³-hybridized carbons (Fsp3) is 0.636. The van der Waals surface area contributed by atoms with Gasteiger partial charge < -0.3 is 0 Å². The summed E-state index contributed by atoms with van der Waals surface area (Å²) in [6.07, 6.45) is -4.68. The zero-order chi connectivity index (χ0) is 13.1. The Kier molecular flexibility index (Phi) is 4.31. The molecule has 0 amide bonds. The van der Waals surface area contributed by atoms with Gasteiger partial charge in [-0.05, 0) is 18.9 Å². The number of alkyl halides is 3. The van der Waals surface area contributed by atoms with Crippen LogP contribution in [0.4, 0.5) is 13.2 Å². The van der Waals surface area contributed by atoms with Crippen LogP contribution in [0.3, 0.4) is 0 Å². The first-order chi connectivity index (χ1) is 7.83. The van der Waals surface area contributed by atoms with Crippen LogP contribution in [0.1, 0.15) is 42.4 Å². The predicted octanol–water partition coefficient (Wildman–Crippen LogP) is 2.90. The lowest BCUT2D eigenvalue weighted by Gasteiger charge is -2.05. The molecule has 3 nitrogen and oxygen atoms in total. The monoisotopic (exact) mass is 248 g/mol. The highest BCUT2D eigenvalue weighted by Crippen LogP contribution is 2.22. The van der Waals surface area contributed by atoms with E-state index in [9.17, 15) is 18.0 Å². The summed E-state index contributed by atoms with van der Waals surface area (Å²) in [4.78, 5) is 11.7. The number of aromatic nitrogens is 2. The molecule has 1 rings (SSSR count). The van der Waals surface area contributed by atoms with Crippen LogP contribution in [0.5, 0.6) is 0 Å². The predicted molar refractivity (Wildman–Crippen MR) is 56.8 cm³/mol. The fourth-order valence-corrected chi connectivity index (χ4v) is 1.54. The van der Waals surface area contributed by atoms with Gasteiger partial charge >= 0.3 is 6.18 Å². The molecule has 0 aliphatic heterocycles. The number of nitrogens with zero attached hydrogens (tertiary/aromatic N) is 2. The van der Waals surface area contributed by atoms with Crippen molar-refractivity contribution in [2.75, 3.05) is 0 Å². The molecular formula is C11H15F3N2O. The Hall–Kier alpha value is -1.33. The summed E-state index contributed by atoms with van der Waals surface area (Å²) in [5, 5.41) is 4.08. The second kappa shape index (κ2) is 5.33. The number of Topliss-reactive ketones (excluding diaryl/α,β-unsaturated/α-hetero) is 1. The van der Waals surface area contributed by atoms with E-state index in [1.54, 1.807) is 13.1 Å². The van der Waals surface area contributed by atoms with E-state index in [-0.39, 0.29) is 18.6 Å². The Balaban J connectivity index is 2.55. The van der Waals surface area contributed by atoms with Gasteiger partial charge in [-0.25, -0.2) is 0 Å². The van der Waals surface area contributed by atoms with E-state index in [0.29, 0.717) is 12.1 Å². The van der Waals surface area contributed by atoms with Crippen LogP contribution >= 0.6 is 0 Å². The first kappa shape index (κ1) is 13.7. The van der Waals surface area contributed by atoms with Gasteiger partial charge in [0.15, 0.2) is 5.78 Å². The third-order valence-electron chi connectivity index (χ3n) is 2.44. The second-order valence-corrected chi connectivity index (χ2v) is 3.89. The summed E-state index contributed by atoms with van der Waals surface area (Å²) in [7, 11) is 1.62. The zero-order valence-electron chi connectivity index (χ0n) is 9.84. The van der Waals surface area contributed by atoms with Crippen LogP contribution in [-0.4, -0.2) is 21.7 Å². The first-order valence-electron chi connectivity index (χ1n) is 5.46. The summed E-state index contributed by atoms with van der Waals surface area (Å²) in [6.45, 7) is 1.90. The van der Waals surface area contributed by atoms with Crippen molar-refractivity contribution in [3.05, 3.63) is 17.5 Å². The molecule has 0 spiro atoms. The lowest BCUT2D eigenvalue weighted by Crippen LogP contribution is -2.10. The molecule has 0 bridgehead atoms. The minimum absolute atomic E-state index is 0.0950. The minimum Gasteiger partial charge on any atom is -0.292 e. The van der Waals surface area contributed by atoms with Crippen LogP contribution in [-0.2, 0) is 13.5 Å². The van der Waals surface area contributed by atoms with E-state index in [0.717, 1.165) is 5.69 Å². The number of carbonyl (C=O) groups excluding carboxylic acids is 1. The number of halogens is 3. The van der Waals surface area contributed by atoms with Gasteiger partial charge in [-0.2, -0.15) is 18.3 Å². The van der Waals surface area contributed by atoms with Crippen molar-refractivity contribution in [2.24, 2.45) is 7.05 Å². The van der Waals surface area contributed by atoms with Crippen molar-refractivity contribution in [3.63, 3.8) is 0 Å². The van der Waals surface area contributed by atoms with Crippen LogP contribution in [0, 0.1) is 0 Å². The molecule has 0 radical (unpaired) electrons. The maximum absolute atomic E-state index is 11.9. The molecule has 0 aliphatic carbocycles. The normalized spacial score (nSPS) is 11.8. The molecule has 0 saturated heterocycles. The highest BCUT2D eigenvalue weighted by Gasteiger charge is 2.26. The van der Waals surface area contributed by atoms with Gasteiger partial charge in [-0.1, -0.05) is 6.92 Å². The Morgan fingerprint density at radius 2 is 2.12 bits per heavy atom. The summed E-state index contributed by atoms with van der Waals surface area (Å²) in [5.41, 5.74) is 1.15. The van der Waals surface area contributed by atoms with Crippen molar-refractivity contribution in [3.8, 4) is 0 Å². The average molecular weight is 248 g/mol. The van der Waals surface area contributed by atoms with Gasteiger partial charge in [0.2, 0.25) is 0 Å². The van der Waals surface area contributed by atoms with Crippen molar-refractivity contribution in [2.45, 2.75) is 38.8 Å². The van der Waals surface area contributed by atoms with E-state index in [2.05, 4.69) is 5.10 Å². The largest absolute Gasteiger partial charge is 0.389 e. The molecule has 0 aromatic carbocycles. The highest BCUT2D eigenvalue weighted by molar-refractivity contribution is 5.94. The van der Waals surface area contributed by atoms with Crippen LogP contribution in [0.2, 0.25) is 0 Å². The molecule has 0 N–H and O–H groups in total. The van der Waals surface area contributed by atoms with Crippen LogP contribution < -0.4 is 0 Å². The van der Waals surface area contributed by atoms with Gasteiger partial charge in [-0.15, -0.1) is 0 Å². The quantitative estimate of drug-likeness (QED) is 0.751. The number of hydrogen-bond acceptors (Lipinski definition) is 2. The SMILES string of the molecule is CCc1cc(C(=O)CCCC(F)(F)F)n(C)n1. The van der Waals surface area contributed by atoms with Gasteiger partial charge in [0, 0.05) is 19.9 Å². The highest BCUT2D eigenvalue weighted by atomic mass is 19.4. The minimum atomic E-state index is -4.19. The van der Waals surface area contributed by atoms with Crippen molar-refractivity contribution < 1.29 is 18.0 Å². The topological polar surface area (TPSA) is 34.9 Å².